The van der Waals surface area contributed by atoms with Crippen molar-refractivity contribution in [2.45, 2.75) is 6.42 Å². The van der Waals surface area contributed by atoms with Gasteiger partial charge in [-0.15, -0.1) is 0 Å². The third kappa shape index (κ3) is 4.46. The number of benzene rings is 1. The summed E-state index contributed by atoms with van der Waals surface area (Å²) in [5.41, 5.74) is 0.768. The van der Waals surface area contributed by atoms with E-state index in [-0.39, 0.29) is 27.8 Å². The summed E-state index contributed by atoms with van der Waals surface area (Å²) in [6.45, 7) is 1.06. The van der Waals surface area contributed by atoms with E-state index in [4.69, 9.17) is 16.3 Å². The van der Waals surface area contributed by atoms with Crippen LogP contribution in [-0.2, 0) is 0 Å². The number of allylic oxidation sites excluding steroid dienone is 8. The van der Waals surface area contributed by atoms with Gasteiger partial charge in [-0.2, -0.15) is 19.6 Å². The van der Waals surface area contributed by atoms with E-state index < -0.39 is 11.6 Å². The number of hydrogen-bond donors (Lipinski definition) is 1. The van der Waals surface area contributed by atoms with Gasteiger partial charge < -0.3 is 10.1 Å². The van der Waals surface area contributed by atoms with Crippen LogP contribution >= 0.6 is 11.6 Å². The van der Waals surface area contributed by atoms with Gasteiger partial charge in [0, 0.05) is 17.7 Å². The predicted octanol–water partition coefficient (Wildman–Crippen LogP) is 4.78. The lowest BCUT2D eigenvalue weighted by Gasteiger charge is -2.16. The molecule has 1 aliphatic rings. The normalized spacial score (nSPS) is 13.3. The Morgan fingerprint density at radius 3 is 2.59 bits per heavy atom. The quantitative estimate of drug-likeness (QED) is 0.410. The lowest BCUT2D eigenvalue weighted by atomic mass is 9.98. The molecule has 0 atom stereocenters. The molecule has 164 valence electrons. The molecule has 1 aliphatic carbocycles. The molecule has 6 nitrogen and oxygen atoms in total. The summed E-state index contributed by atoms with van der Waals surface area (Å²) in [6.07, 6.45) is 14.8. The minimum Gasteiger partial charge on any atom is -0.493 e. The van der Waals surface area contributed by atoms with Crippen LogP contribution in [0.15, 0.2) is 61.0 Å². The lowest BCUT2D eigenvalue weighted by Crippen LogP contribution is -2.11. The number of halogens is 3. The zero-order chi connectivity index (χ0) is 22.5. The van der Waals surface area contributed by atoms with Crippen LogP contribution in [0, 0.1) is 11.6 Å². The first-order chi connectivity index (χ1) is 15.6. The van der Waals surface area contributed by atoms with Crippen molar-refractivity contribution >= 4 is 23.0 Å². The highest BCUT2D eigenvalue weighted by atomic mass is 35.5. The van der Waals surface area contributed by atoms with Gasteiger partial charge in [-0.05, 0) is 20.0 Å². The second-order valence-electron chi connectivity index (χ2n) is 6.92. The Balaban J connectivity index is 1.87. The largest absolute Gasteiger partial charge is 0.493 e. The van der Waals surface area contributed by atoms with Crippen molar-refractivity contribution in [2.75, 3.05) is 20.2 Å². The number of aromatic nitrogens is 4. The topological polar surface area (TPSA) is 64.3 Å². The van der Waals surface area contributed by atoms with E-state index in [9.17, 15) is 0 Å². The zero-order valence-electron chi connectivity index (χ0n) is 17.2. The van der Waals surface area contributed by atoms with E-state index in [0.717, 1.165) is 18.7 Å². The second-order valence-corrected chi connectivity index (χ2v) is 7.27. The monoisotopic (exact) mass is 455 g/mol. The molecule has 0 saturated heterocycles. The van der Waals surface area contributed by atoms with Gasteiger partial charge in [0.25, 0.3) is 5.78 Å². The minimum atomic E-state index is -0.816. The molecule has 0 unspecified atom stereocenters. The first kappa shape index (κ1) is 21.9. The van der Waals surface area contributed by atoms with Gasteiger partial charge in [0.05, 0.1) is 23.4 Å². The van der Waals surface area contributed by atoms with E-state index in [1.54, 1.807) is 12.2 Å². The van der Waals surface area contributed by atoms with Gasteiger partial charge >= 0.3 is 0 Å². The number of ether oxygens (including phenoxy) is 1. The maximum Gasteiger partial charge on any atom is 0.254 e. The Bertz CT molecular complexity index is 1240. The number of hydrogen-bond acceptors (Lipinski definition) is 5. The molecule has 0 aliphatic heterocycles. The Morgan fingerprint density at radius 2 is 1.81 bits per heavy atom. The lowest BCUT2D eigenvalue weighted by molar-refractivity contribution is 0.306. The Labute approximate surface area is 188 Å². The van der Waals surface area contributed by atoms with Crippen molar-refractivity contribution in [2.24, 2.45) is 0 Å². The molecule has 1 aromatic carbocycles. The van der Waals surface area contributed by atoms with Crippen molar-refractivity contribution in [3.8, 4) is 16.9 Å². The molecule has 0 fully saturated rings. The van der Waals surface area contributed by atoms with Gasteiger partial charge in [0.15, 0.2) is 0 Å². The molecule has 0 amide bonds. The zero-order valence-corrected chi connectivity index (χ0v) is 18.0. The van der Waals surface area contributed by atoms with Crippen LogP contribution in [-0.4, -0.2) is 39.8 Å². The summed E-state index contributed by atoms with van der Waals surface area (Å²) >= 11 is 6.45. The molecule has 32 heavy (non-hydrogen) atoms. The maximum absolute atomic E-state index is 15.2. The third-order valence-electron chi connectivity index (χ3n) is 4.76. The Hall–Kier alpha value is -3.36. The summed E-state index contributed by atoms with van der Waals surface area (Å²) in [7, 11) is 1.82. The van der Waals surface area contributed by atoms with E-state index >= 15 is 8.78 Å². The van der Waals surface area contributed by atoms with Gasteiger partial charge in [-0.1, -0.05) is 54.1 Å². The smallest absolute Gasteiger partial charge is 0.254 e. The Kier molecular flexibility index (Phi) is 6.72. The number of fused-ring (bicyclic) bond motifs is 1. The molecule has 2 heterocycles. The maximum atomic E-state index is 15.2. The van der Waals surface area contributed by atoms with Gasteiger partial charge in [-0.3, -0.25) is 0 Å². The van der Waals surface area contributed by atoms with Crippen molar-refractivity contribution in [1.82, 2.24) is 24.9 Å². The summed E-state index contributed by atoms with van der Waals surface area (Å²) in [5, 5.41) is 7.10. The molecule has 2 aromatic heterocycles. The van der Waals surface area contributed by atoms with Crippen LogP contribution in [0.25, 0.3) is 22.5 Å². The first-order valence-corrected chi connectivity index (χ1v) is 10.4. The standard InChI is InChI=1S/C23H20ClF2N5O/c1-27-10-7-11-32-16-12-17(25)19(18(26)13-16)20-21(15-8-5-3-2-4-6-9-15)31-23(28-14-29-31)30-22(20)24/h2-6,8-9,12-14,27H,7,10-11H2,1H3. The summed E-state index contributed by atoms with van der Waals surface area (Å²) < 4.78 is 37.4. The molecule has 0 spiro atoms. The van der Waals surface area contributed by atoms with E-state index in [0.29, 0.717) is 24.3 Å². The van der Waals surface area contributed by atoms with Crippen LogP contribution in [0.2, 0.25) is 5.15 Å². The first-order valence-electron chi connectivity index (χ1n) is 9.98. The van der Waals surface area contributed by atoms with Gasteiger partial charge in [0.1, 0.15) is 28.9 Å². The fraction of sp³-hybridized carbons (Fsp3) is 0.174. The molecule has 4 rings (SSSR count). The van der Waals surface area contributed by atoms with Crippen molar-refractivity contribution in [3.63, 3.8) is 0 Å². The van der Waals surface area contributed by atoms with Crippen LogP contribution in [0.4, 0.5) is 8.78 Å². The SMILES string of the molecule is CNCCCOc1cc(F)c(-c2c(Cl)nc3ncnn3c2C2=CC=CC=CC=C2)c(F)c1. The van der Waals surface area contributed by atoms with Gasteiger partial charge in [0.2, 0.25) is 0 Å². The summed E-state index contributed by atoms with van der Waals surface area (Å²) in [4.78, 5) is 8.26. The molecule has 9 heteroatoms. The fourth-order valence-corrected chi connectivity index (χ4v) is 3.60. The van der Waals surface area contributed by atoms with E-state index in [1.807, 2.05) is 37.4 Å². The summed E-state index contributed by atoms with van der Waals surface area (Å²) in [5.74, 6) is -1.31. The van der Waals surface area contributed by atoms with Crippen LogP contribution in [0.5, 0.6) is 5.75 Å². The molecular formula is C23H20ClF2N5O. The highest BCUT2D eigenvalue weighted by molar-refractivity contribution is 6.32. The van der Waals surface area contributed by atoms with Crippen LogP contribution < -0.4 is 10.1 Å². The number of rotatable bonds is 7. The molecule has 0 radical (unpaired) electrons. The van der Waals surface area contributed by atoms with Crippen molar-refractivity contribution in [1.29, 1.82) is 0 Å². The molecule has 0 bridgehead atoms. The third-order valence-corrected chi connectivity index (χ3v) is 5.03. The highest BCUT2D eigenvalue weighted by Crippen LogP contribution is 2.39. The van der Waals surface area contributed by atoms with E-state index in [1.165, 1.54) is 10.8 Å². The van der Waals surface area contributed by atoms with Crippen LogP contribution in [0.3, 0.4) is 0 Å². The second kappa shape index (κ2) is 9.84. The molecular weight excluding hydrogens is 436 g/mol. The minimum absolute atomic E-state index is 0.0789. The average molecular weight is 456 g/mol. The molecule has 1 N–H and O–H groups in total. The Morgan fingerprint density at radius 1 is 1.06 bits per heavy atom. The average Bonchev–Trinajstić information content (AvgIpc) is 3.19. The van der Waals surface area contributed by atoms with Crippen LogP contribution in [0.1, 0.15) is 12.1 Å². The van der Waals surface area contributed by atoms with Gasteiger partial charge in [-0.25, -0.2) is 8.78 Å². The van der Waals surface area contributed by atoms with Crippen molar-refractivity contribution < 1.29 is 13.5 Å². The predicted molar refractivity (Wildman–Crippen MR) is 121 cm³/mol. The number of nitrogens with zero attached hydrogens (tertiary/aromatic N) is 4. The van der Waals surface area contributed by atoms with Crippen molar-refractivity contribution in [3.05, 3.63) is 83.5 Å². The molecule has 3 aromatic rings. The number of nitrogens with one attached hydrogen (secondary N) is 1. The highest BCUT2D eigenvalue weighted by Gasteiger charge is 2.25. The fourth-order valence-electron chi connectivity index (χ4n) is 3.34. The molecule has 0 saturated carbocycles. The van der Waals surface area contributed by atoms with E-state index in [2.05, 4.69) is 20.4 Å². The summed E-state index contributed by atoms with van der Waals surface area (Å²) in [6, 6.07) is 2.29.